The highest BCUT2D eigenvalue weighted by atomic mass is 19.4. The Morgan fingerprint density at radius 3 is 2.50 bits per heavy atom. The molecular weight excluding hydrogens is 267 g/mol. The van der Waals surface area contributed by atoms with Crippen LogP contribution in [0.4, 0.5) is 13.2 Å². The minimum Gasteiger partial charge on any atom is -0.346 e. The highest BCUT2D eigenvalue weighted by molar-refractivity contribution is 5.19. The summed E-state index contributed by atoms with van der Waals surface area (Å²) in [5, 5.41) is 0. The highest BCUT2D eigenvalue weighted by Gasteiger charge is 2.63. The second-order valence-corrected chi connectivity index (χ2v) is 5.34. The molecule has 0 spiro atoms. The topological polar surface area (TPSA) is 41.6 Å². The van der Waals surface area contributed by atoms with E-state index in [0.717, 1.165) is 11.3 Å². The van der Waals surface area contributed by atoms with Crippen LogP contribution < -0.4 is 0 Å². The van der Waals surface area contributed by atoms with Gasteiger partial charge >= 0.3 is 6.18 Å². The first-order chi connectivity index (χ1) is 9.48. The van der Waals surface area contributed by atoms with Crippen molar-refractivity contribution in [2.24, 2.45) is 5.41 Å². The van der Waals surface area contributed by atoms with Crippen LogP contribution in [0.1, 0.15) is 29.9 Å². The van der Waals surface area contributed by atoms with E-state index in [1.165, 1.54) is 0 Å². The first kappa shape index (κ1) is 13.1. The maximum Gasteiger partial charge on any atom is 0.394 e. The van der Waals surface area contributed by atoms with E-state index in [0.29, 0.717) is 12.2 Å². The van der Waals surface area contributed by atoms with Gasteiger partial charge in [0.05, 0.1) is 5.41 Å². The summed E-state index contributed by atoms with van der Waals surface area (Å²) in [5.41, 5.74) is 0.329. The summed E-state index contributed by atoms with van der Waals surface area (Å²) in [6.45, 7) is 0. The molecule has 0 radical (unpaired) electrons. The third kappa shape index (κ3) is 2.55. The fraction of sp³-hybridized carbons (Fsp3) is 0.429. The Hall–Kier alpha value is -1.85. The first-order valence-corrected chi connectivity index (χ1v) is 6.47. The van der Waals surface area contributed by atoms with Crippen molar-refractivity contribution in [1.82, 2.24) is 15.0 Å². The molecular formula is C14H14F3N3. The molecule has 106 valence electrons. The van der Waals surface area contributed by atoms with Gasteiger partial charge in [0.15, 0.2) is 0 Å². The maximum absolute atomic E-state index is 12.9. The Bertz CT molecular complexity index is 585. The molecule has 3 nitrogen and oxygen atoms in total. The van der Waals surface area contributed by atoms with Crippen LogP contribution in [0.3, 0.4) is 0 Å². The third-order valence-electron chi connectivity index (χ3n) is 3.79. The van der Waals surface area contributed by atoms with Gasteiger partial charge in [-0.2, -0.15) is 13.2 Å². The second kappa shape index (κ2) is 4.61. The van der Waals surface area contributed by atoms with E-state index in [9.17, 15) is 13.2 Å². The number of H-pyrrole nitrogens is 1. The third-order valence-corrected chi connectivity index (χ3v) is 3.79. The Kier molecular flexibility index (Phi) is 3.03. The average Bonchev–Trinajstić information content (AvgIpc) is 3.06. The fourth-order valence-electron chi connectivity index (χ4n) is 2.34. The van der Waals surface area contributed by atoms with Gasteiger partial charge in [0.25, 0.3) is 0 Å². The fourth-order valence-corrected chi connectivity index (χ4v) is 2.34. The summed E-state index contributed by atoms with van der Waals surface area (Å²) in [5.74, 6) is 0.420. The average molecular weight is 281 g/mol. The molecule has 3 rings (SSSR count). The molecule has 0 unspecified atom stereocenters. The molecule has 1 fully saturated rings. The van der Waals surface area contributed by atoms with Crippen molar-refractivity contribution in [1.29, 1.82) is 0 Å². The number of nitrogens with zero attached hydrogens (tertiary/aromatic N) is 2. The van der Waals surface area contributed by atoms with Gasteiger partial charge in [-0.25, -0.2) is 4.98 Å². The van der Waals surface area contributed by atoms with Gasteiger partial charge in [-0.15, -0.1) is 0 Å². The number of hydrogen-bond acceptors (Lipinski definition) is 2. The molecule has 1 aliphatic carbocycles. The lowest BCUT2D eigenvalue weighted by atomic mass is 10.0. The van der Waals surface area contributed by atoms with Gasteiger partial charge in [-0.05, 0) is 30.5 Å². The van der Waals surface area contributed by atoms with Gasteiger partial charge in [0.1, 0.15) is 5.82 Å². The quantitative estimate of drug-likeness (QED) is 0.934. The van der Waals surface area contributed by atoms with E-state index in [2.05, 4.69) is 15.0 Å². The maximum atomic E-state index is 12.9. The normalized spacial score (nSPS) is 17.1. The largest absolute Gasteiger partial charge is 0.394 e. The summed E-state index contributed by atoms with van der Waals surface area (Å²) in [7, 11) is 0. The number of aromatic nitrogens is 3. The molecule has 1 saturated carbocycles. The molecule has 0 saturated heterocycles. The number of pyridine rings is 1. The van der Waals surface area contributed by atoms with E-state index in [4.69, 9.17) is 0 Å². The molecule has 1 N–H and O–H groups in total. The minimum absolute atomic E-state index is 0.0488. The lowest BCUT2D eigenvalue weighted by Gasteiger charge is -2.17. The van der Waals surface area contributed by atoms with Gasteiger partial charge < -0.3 is 4.98 Å². The number of nitrogens with one attached hydrogen (secondary N) is 1. The van der Waals surface area contributed by atoms with Crippen molar-refractivity contribution in [3.8, 4) is 0 Å². The van der Waals surface area contributed by atoms with Crippen molar-refractivity contribution < 1.29 is 13.2 Å². The monoisotopic (exact) mass is 281 g/mol. The van der Waals surface area contributed by atoms with Crippen LogP contribution in [0, 0.1) is 5.41 Å². The molecule has 2 aromatic rings. The SMILES string of the molecule is FC(F)(F)C1(Cc2ncc(Cc3ccncc3)[nH]2)CC1. The predicted octanol–water partition coefficient (Wildman–Crippen LogP) is 3.28. The Balaban J connectivity index is 1.69. The molecule has 0 aromatic carbocycles. The Labute approximate surface area is 114 Å². The molecule has 0 aliphatic heterocycles. The minimum atomic E-state index is -4.13. The van der Waals surface area contributed by atoms with Crippen molar-refractivity contribution in [3.05, 3.63) is 47.8 Å². The molecule has 20 heavy (non-hydrogen) atoms. The van der Waals surface area contributed by atoms with Crippen molar-refractivity contribution in [3.63, 3.8) is 0 Å². The van der Waals surface area contributed by atoms with Crippen LogP contribution in [-0.4, -0.2) is 21.1 Å². The van der Waals surface area contributed by atoms with Crippen molar-refractivity contribution in [2.45, 2.75) is 31.9 Å². The second-order valence-electron chi connectivity index (χ2n) is 5.34. The van der Waals surface area contributed by atoms with E-state index in [1.54, 1.807) is 18.6 Å². The lowest BCUT2D eigenvalue weighted by Crippen LogP contribution is -2.27. The summed E-state index contributed by atoms with van der Waals surface area (Å²) in [6, 6.07) is 3.75. The van der Waals surface area contributed by atoms with Crippen LogP contribution in [0.2, 0.25) is 0 Å². The molecule has 2 aromatic heterocycles. The van der Waals surface area contributed by atoms with Crippen molar-refractivity contribution >= 4 is 0 Å². The van der Waals surface area contributed by atoms with E-state index < -0.39 is 11.6 Å². The Morgan fingerprint density at radius 2 is 1.90 bits per heavy atom. The van der Waals surface area contributed by atoms with Crippen LogP contribution in [0.5, 0.6) is 0 Å². The zero-order chi connectivity index (χ0) is 14.2. The lowest BCUT2D eigenvalue weighted by molar-refractivity contribution is -0.187. The zero-order valence-corrected chi connectivity index (χ0v) is 10.7. The molecule has 0 bridgehead atoms. The van der Waals surface area contributed by atoms with Crippen LogP contribution in [0.15, 0.2) is 30.7 Å². The van der Waals surface area contributed by atoms with Crippen LogP contribution >= 0.6 is 0 Å². The molecule has 6 heteroatoms. The van der Waals surface area contributed by atoms with Crippen LogP contribution in [0.25, 0.3) is 0 Å². The predicted molar refractivity (Wildman–Crippen MR) is 67.1 cm³/mol. The van der Waals surface area contributed by atoms with Gasteiger partial charge in [0.2, 0.25) is 0 Å². The molecule has 0 atom stereocenters. The molecule has 1 aliphatic rings. The zero-order valence-electron chi connectivity index (χ0n) is 10.7. The van der Waals surface area contributed by atoms with Crippen molar-refractivity contribution in [2.75, 3.05) is 0 Å². The number of imidazole rings is 1. The van der Waals surface area contributed by atoms with E-state index in [-0.39, 0.29) is 19.3 Å². The number of halogens is 3. The van der Waals surface area contributed by atoms with Gasteiger partial charge in [0, 0.05) is 37.1 Å². The summed E-state index contributed by atoms with van der Waals surface area (Å²) in [6.07, 6.45) is 1.84. The molecule has 2 heterocycles. The van der Waals surface area contributed by atoms with Gasteiger partial charge in [-0.1, -0.05) is 0 Å². The number of rotatable bonds is 4. The summed E-state index contributed by atoms with van der Waals surface area (Å²) in [4.78, 5) is 11.0. The number of aromatic amines is 1. The van der Waals surface area contributed by atoms with E-state index in [1.807, 2.05) is 12.1 Å². The standard InChI is InChI=1S/C14H14F3N3/c15-14(16,17)13(3-4-13)8-12-19-9-11(20-12)7-10-1-5-18-6-2-10/h1-2,5-6,9H,3-4,7-8H2,(H,19,20). The summed E-state index contributed by atoms with van der Waals surface area (Å²) < 4.78 is 38.7. The highest BCUT2D eigenvalue weighted by Crippen LogP contribution is 2.59. The summed E-state index contributed by atoms with van der Waals surface area (Å²) >= 11 is 0. The van der Waals surface area contributed by atoms with E-state index >= 15 is 0 Å². The smallest absolute Gasteiger partial charge is 0.346 e. The molecule has 0 amide bonds. The first-order valence-electron chi connectivity index (χ1n) is 6.47. The van der Waals surface area contributed by atoms with Crippen LogP contribution in [-0.2, 0) is 12.8 Å². The Morgan fingerprint density at radius 1 is 1.20 bits per heavy atom. The number of hydrogen-bond donors (Lipinski definition) is 1. The van der Waals surface area contributed by atoms with Gasteiger partial charge in [-0.3, -0.25) is 4.98 Å². The number of alkyl halides is 3.